The van der Waals surface area contributed by atoms with Crippen molar-refractivity contribution in [1.82, 2.24) is 10.6 Å². The summed E-state index contributed by atoms with van der Waals surface area (Å²) in [5.74, 6) is 0.847. The lowest BCUT2D eigenvalue weighted by molar-refractivity contribution is 0.0925. The third kappa shape index (κ3) is 6.80. The molecule has 2 rings (SSSR count). The van der Waals surface area contributed by atoms with Gasteiger partial charge in [0.25, 0.3) is 5.91 Å². The van der Waals surface area contributed by atoms with Crippen molar-refractivity contribution in [2.75, 3.05) is 13.2 Å². The Hall–Kier alpha value is -1.26. The number of hydrogen-bond donors (Lipinski definition) is 2. The Morgan fingerprint density at radius 1 is 1.30 bits per heavy atom. The van der Waals surface area contributed by atoms with E-state index in [1.54, 1.807) is 0 Å². The molecule has 0 bridgehead atoms. The first kappa shape index (κ1) is 19.8. The Balaban J connectivity index is 0.00000264. The smallest absolute Gasteiger partial charge is 0.251 e. The third-order valence-electron chi connectivity index (χ3n) is 4.09. The summed E-state index contributed by atoms with van der Waals surface area (Å²) < 4.78 is 5.67. The van der Waals surface area contributed by atoms with Gasteiger partial charge in [-0.15, -0.1) is 12.4 Å². The minimum absolute atomic E-state index is 0. The monoisotopic (exact) mass is 340 g/mol. The quantitative estimate of drug-likeness (QED) is 0.746. The normalized spacial score (nSPS) is 20.4. The van der Waals surface area contributed by atoms with Crippen molar-refractivity contribution in [1.29, 1.82) is 0 Å². The van der Waals surface area contributed by atoms with Gasteiger partial charge in [-0.2, -0.15) is 0 Å². The first-order valence-corrected chi connectivity index (χ1v) is 8.46. The van der Waals surface area contributed by atoms with Gasteiger partial charge in [0.05, 0.1) is 6.61 Å². The summed E-state index contributed by atoms with van der Waals surface area (Å²) in [5.41, 5.74) is 0.701. The number of halogens is 1. The van der Waals surface area contributed by atoms with E-state index < -0.39 is 0 Å². The summed E-state index contributed by atoms with van der Waals surface area (Å²) in [6.45, 7) is 6.04. The summed E-state index contributed by atoms with van der Waals surface area (Å²) in [5, 5.41) is 6.52. The van der Waals surface area contributed by atoms with Crippen LogP contribution in [0.2, 0.25) is 0 Å². The number of nitrogens with one attached hydrogen (secondary N) is 2. The highest BCUT2D eigenvalue weighted by Crippen LogP contribution is 2.14. The van der Waals surface area contributed by atoms with Gasteiger partial charge in [-0.05, 0) is 57.0 Å². The lowest BCUT2D eigenvalue weighted by Crippen LogP contribution is -2.46. The minimum Gasteiger partial charge on any atom is -0.494 e. The van der Waals surface area contributed by atoms with E-state index in [0.717, 1.165) is 38.2 Å². The van der Waals surface area contributed by atoms with Crippen LogP contribution in [0.3, 0.4) is 0 Å². The fourth-order valence-corrected chi connectivity index (χ4v) is 2.78. The lowest BCUT2D eigenvalue weighted by atomic mass is 10.0. The SMILES string of the molecule is CCCCCOc1ccc(C(=O)NC2CCNC(C)C2)cc1.Cl. The molecular weight excluding hydrogens is 312 g/mol. The van der Waals surface area contributed by atoms with Gasteiger partial charge in [0.2, 0.25) is 0 Å². The van der Waals surface area contributed by atoms with E-state index in [0.29, 0.717) is 11.6 Å². The summed E-state index contributed by atoms with van der Waals surface area (Å²) >= 11 is 0. The van der Waals surface area contributed by atoms with Gasteiger partial charge >= 0.3 is 0 Å². The van der Waals surface area contributed by atoms with Crippen molar-refractivity contribution in [3.8, 4) is 5.75 Å². The predicted octanol–water partition coefficient (Wildman–Crippen LogP) is 3.55. The molecule has 1 amide bonds. The number of piperidine rings is 1. The Labute approximate surface area is 145 Å². The molecule has 1 aromatic rings. The molecule has 0 aliphatic carbocycles. The lowest BCUT2D eigenvalue weighted by Gasteiger charge is -2.28. The summed E-state index contributed by atoms with van der Waals surface area (Å²) in [4.78, 5) is 12.3. The van der Waals surface area contributed by atoms with E-state index in [9.17, 15) is 4.79 Å². The maximum Gasteiger partial charge on any atom is 0.251 e. The highest BCUT2D eigenvalue weighted by atomic mass is 35.5. The molecule has 130 valence electrons. The number of carbonyl (C=O) groups excluding carboxylic acids is 1. The van der Waals surface area contributed by atoms with Crippen molar-refractivity contribution < 1.29 is 9.53 Å². The zero-order chi connectivity index (χ0) is 15.8. The number of hydrogen-bond acceptors (Lipinski definition) is 3. The molecule has 1 saturated heterocycles. The topological polar surface area (TPSA) is 50.4 Å². The Morgan fingerprint density at radius 2 is 2.04 bits per heavy atom. The molecule has 1 aliphatic heterocycles. The highest BCUT2D eigenvalue weighted by Gasteiger charge is 2.20. The van der Waals surface area contributed by atoms with Crippen LogP contribution in [0.5, 0.6) is 5.75 Å². The van der Waals surface area contributed by atoms with Gasteiger partial charge in [-0.1, -0.05) is 19.8 Å². The van der Waals surface area contributed by atoms with Gasteiger partial charge in [0.15, 0.2) is 0 Å². The maximum absolute atomic E-state index is 12.3. The molecule has 0 saturated carbocycles. The van der Waals surface area contributed by atoms with Gasteiger partial charge in [-0.3, -0.25) is 4.79 Å². The van der Waals surface area contributed by atoms with Crippen LogP contribution in [0.25, 0.3) is 0 Å². The molecule has 0 spiro atoms. The fourth-order valence-electron chi connectivity index (χ4n) is 2.78. The first-order valence-electron chi connectivity index (χ1n) is 8.46. The zero-order valence-electron chi connectivity index (χ0n) is 14.1. The van der Waals surface area contributed by atoms with Crippen LogP contribution in [-0.2, 0) is 0 Å². The number of ether oxygens (including phenoxy) is 1. The number of benzene rings is 1. The van der Waals surface area contributed by atoms with Crippen LogP contribution in [-0.4, -0.2) is 31.1 Å². The van der Waals surface area contributed by atoms with Crippen LogP contribution in [0, 0.1) is 0 Å². The van der Waals surface area contributed by atoms with Gasteiger partial charge in [-0.25, -0.2) is 0 Å². The van der Waals surface area contributed by atoms with Crippen molar-refractivity contribution in [2.24, 2.45) is 0 Å². The van der Waals surface area contributed by atoms with E-state index in [2.05, 4.69) is 24.5 Å². The minimum atomic E-state index is 0. The number of carbonyl (C=O) groups is 1. The second kappa shape index (κ2) is 10.5. The molecule has 5 heteroatoms. The van der Waals surface area contributed by atoms with Crippen molar-refractivity contribution in [3.05, 3.63) is 29.8 Å². The standard InChI is InChI=1S/C18H28N2O2.ClH/c1-3-4-5-12-22-17-8-6-15(7-9-17)18(21)20-16-10-11-19-14(2)13-16;/h6-9,14,16,19H,3-5,10-13H2,1-2H3,(H,20,21);1H. The summed E-state index contributed by atoms with van der Waals surface area (Å²) in [6.07, 6.45) is 5.44. The Bertz CT molecular complexity index is 465. The Morgan fingerprint density at radius 3 is 2.70 bits per heavy atom. The molecule has 1 aliphatic rings. The van der Waals surface area contributed by atoms with E-state index in [1.165, 1.54) is 12.8 Å². The average molecular weight is 341 g/mol. The van der Waals surface area contributed by atoms with Crippen molar-refractivity contribution >= 4 is 18.3 Å². The average Bonchev–Trinajstić information content (AvgIpc) is 2.52. The second-order valence-electron chi connectivity index (χ2n) is 6.13. The predicted molar refractivity (Wildman–Crippen MR) is 96.7 cm³/mol. The molecule has 1 heterocycles. The maximum atomic E-state index is 12.3. The van der Waals surface area contributed by atoms with Gasteiger partial charge < -0.3 is 15.4 Å². The van der Waals surface area contributed by atoms with Crippen LogP contribution >= 0.6 is 12.4 Å². The highest BCUT2D eigenvalue weighted by molar-refractivity contribution is 5.94. The van der Waals surface area contributed by atoms with Crippen LogP contribution in [0.4, 0.5) is 0 Å². The van der Waals surface area contributed by atoms with E-state index >= 15 is 0 Å². The van der Waals surface area contributed by atoms with Crippen molar-refractivity contribution in [2.45, 2.75) is 58.0 Å². The molecule has 1 aromatic carbocycles. The zero-order valence-corrected chi connectivity index (χ0v) is 15.0. The number of rotatable bonds is 7. The molecule has 0 aromatic heterocycles. The second-order valence-corrected chi connectivity index (χ2v) is 6.13. The molecule has 23 heavy (non-hydrogen) atoms. The van der Waals surface area contributed by atoms with Crippen molar-refractivity contribution in [3.63, 3.8) is 0 Å². The summed E-state index contributed by atoms with van der Waals surface area (Å²) in [7, 11) is 0. The van der Waals surface area contributed by atoms with Crippen LogP contribution < -0.4 is 15.4 Å². The summed E-state index contributed by atoms with van der Waals surface area (Å²) in [6, 6.07) is 8.19. The first-order chi connectivity index (χ1) is 10.7. The molecule has 2 atom stereocenters. The molecular formula is C18H29ClN2O2. The molecule has 2 N–H and O–H groups in total. The largest absolute Gasteiger partial charge is 0.494 e. The Kier molecular flexibility index (Phi) is 9.03. The molecule has 2 unspecified atom stereocenters. The number of amides is 1. The molecule has 4 nitrogen and oxygen atoms in total. The number of unbranched alkanes of at least 4 members (excludes halogenated alkanes) is 2. The van der Waals surface area contributed by atoms with Crippen LogP contribution in [0.1, 0.15) is 56.3 Å². The van der Waals surface area contributed by atoms with Crippen LogP contribution in [0.15, 0.2) is 24.3 Å². The van der Waals surface area contributed by atoms with E-state index in [4.69, 9.17) is 4.74 Å². The fraction of sp³-hybridized carbons (Fsp3) is 0.611. The third-order valence-corrected chi connectivity index (χ3v) is 4.09. The van der Waals surface area contributed by atoms with E-state index in [1.807, 2.05) is 24.3 Å². The molecule has 1 fully saturated rings. The van der Waals surface area contributed by atoms with Gasteiger partial charge in [0, 0.05) is 17.6 Å². The molecule has 0 radical (unpaired) electrons. The van der Waals surface area contributed by atoms with Gasteiger partial charge in [0.1, 0.15) is 5.75 Å². The van der Waals surface area contributed by atoms with E-state index in [-0.39, 0.29) is 24.4 Å².